The Bertz CT molecular complexity index is 648. The van der Waals surface area contributed by atoms with Crippen LogP contribution in [0.3, 0.4) is 0 Å². The minimum absolute atomic E-state index is 0.101. The summed E-state index contributed by atoms with van der Waals surface area (Å²) < 4.78 is 0. The molecule has 1 aromatic carbocycles. The number of non-ortho nitro benzene ring substituents is 1. The lowest BCUT2D eigenvalue weighted by atomic mass is 10.2. The van der Waals surface area contributed by atoms with E-state index in [0.717, 1.165) is 0 Å². The summed E-state index contributed by atoms with van der Waals surface area (Å²) in [4.78, 5) is 30.0. The Kier molecular flexibility index (Phi) is 5.36. The van der Waals surface area contributed by atoms with Gasteiger partial charge in [-0.3, -0.25) is 14.9 Å². The number of nitrogens with zero attached hydrogens (tertiary/aromatic N) is 3. The van der Waals surface area contributed by atoms with Crippen LogP contribution in [-0.4, -0.2) is 33.9 Å². The molecule has 114 valence electrons. The number of benzene rings is 1. The third kappa shape index (κ3) is 4.51. The van der Waals surface area contributed by atoms with E-state index in [1.807, 2.05) is 0 Å². The van der Waals surface area contributed by atoms with E-state index in [2.05, 4.69) is 20.6 Å². The lowest BCUT2D eigenvalue weighted by molar-refractivity contribution is -0.384. The highest BCUT2D eigenvalue weighted by Crippen LogP contribution is 2.12. The summed E-state index contributed by atoms with van der Waals surface area (Å²) in [7, 11) is 0. The average molecular weight is 301 g/mol. The number of amides is 1. The largest absolute Gasteiger partial charge is 0.354 e. The van der Waals surface area contributed by atoms with Crippen LogP contribution in [0.4, 0.5) is 11.6 Å². The predicted octanol–water partition coefficient (Wildman–Crippen LogP) is 1.62. The zero-order valence-corrected chi connectivity index (χ0v) is 11.7. The molecule has 0 saturated carbocycles. The van der Waals surface area contributed by atoms with Crippen molar-refractivity contribution >= 4 is 17.5 Å². The first-order chi connectivity index (χ1) is 10.7. The molecular weight excluding hydrogens is 286 g/mol. The van der Waals surface area contributed by atoms with Gasteiger partial charge in [0.2, 0.25) is 5.95 Å². The van der Waals surface area contributed by atoms with Gasteiger partial charge in [-0.25, -0.2) is 9.97 Å². The number of hydrogen-bond acceptors (Lipinski definition) is 6. The van der Waals surface area contributed by atoms with E-state index in [0.29, 0.717) is 25.5 Å². The Morgan fingerprint density at radius 1 is 1.18 bits per heavy atom. The molecule has 0 saturated heterocycles. The zero-order valence-electron chi connectivity index (χ0n) is 11.7. The van der Waals surface area contributed by atoms with Crippen LogP contribution in [0, 0.1) is 10.1 Å². The molecule has 22 heavy (non-hydrogen) atoms. The molecule has 8 heteroatoms. The molecule has 0 spiro atoms. The maximum atomic E-state index is 11.9. The minimum Gasteiger partial charge on any atom is -0.354 e. The van der Waals surface area contributed by atoms with Crippen molar-refractivity contribution < 1.29 is 9.72 Å². The number of rotatable bonds is 7. The number of nitrogens with one attached hydrogen (secondary N) is 2. The summed E-state index contributed by atoms with van der Waals surface area (Å²) in [5.74, 6) is 0.201. The molecule has 0 unspecified atom stereocenters. The van der Waals surface area contributed by atoms with Gasteiger partial charge < -0.3 is 10.6 Å². The first-order valence-electron chi connectivity index (χ1n) is 6.70. The second-order valence-electron chi connectivity index (χ2n) is 4.42. The smallest absolute Gasteiger partial charge is 0.270 e. The van der Waals surface area contributed by atoms with Crippen LogP contribution in [0.15, 0.2) is 42.7 Å². The topological polar surface area (TPSA) is 110 Å². The van der Waals surface area contributed by atoms with Crippen molar-refractivity contribution in [3.63, 3.8) is 0 Å². The number of nitro benzene ring substituents is 1. The molecule has 2 aromatic rings. The fourth-order valence-corrected chi connectivity index (χ4v) is 1.74. The summed E-state index contributed by atoms with van der Waals surface area (Å²) in [6.45, 7) is 1.06. The van der Waals surface area contributed by atoms with Gasteiger partial charge in [-0.2, -0.15) is 0 Å². The molecular formula is C14H15N5O3. The van der Waals surface area contributed by atoms with Gasteiger partial charge in [0.15, 0.2) is 0 Å². The van der Waals surface area contributed by atoms with Crippen LogP contribution in [-0.2, 0) is 0 Å². The van der Waals surface area contributed by atoms with Gasteiger partial charge in [0.1, 0.15) is 0 Å². The van der Waals surface area contributed by atoms with E-state index in [-0.39, 0.29) is 17.2 Å². The fourth-order valence-electron chi connectivity index (χ4n) is 1.74. The van der Waals surface area contributed by atoms with Crippen LogP contribution >= 0.6 is 0 Å². The lowest BCUT2D eigenvalue weighted by Crippen LogP contribution is -2.26. The van der Waals surface area contributed by atoms with Gasteiger partial charge in [-0.1, -0.05) is 6.07 Å². The summed E-state index contributed by atoms with van der Waals surface area (Å²) >= 11 is 0. The first kappa shape index (κ1) is 15.4. The maximum absolute atomic E-state index is 11.9. The number of carbonyl (C=O) groups excluding carboxylic acids is 1. The van der Waals surface area contributed by atoms with Crippen molar-refractivity contribution in [2.24, 2.45) is 0 Å². The standard InChI is InChI=1S/C14H15N5O3/c20-13(11-4-1-5-12(10-11)19(21)22)15-6-2-7-16-14-17-8-3-9-18-14/h1,3-5,8-10H,2,6-7H2,(H,15,20)(H,16,17,18). The Labute approximate surface area is 126 Å². The normalized spacial score (nSPS) is 10.0. The van der Waals surface area contributed by atoms with Crippen molar-refractivity contribution in [2.75, 3.05) is 18.4 Å². The number of aromatic nitrogens is 2. The van der Waals surface area contributed by atoms with E-state index >= 15 is 0 Å². The van der Waals surface area contributed by atoms with Crippen molar-refractivity contribution in [3.05, 3.63) is 58.4 Å². The molecule has 2 rings (SSSR count). The molecule has 2 N–H and O–H groups in total. The number of carbonyl (C=O) groups is 1. The van der Waals surface area contributed by atoms with Gasteiger partial charge in [-0.05, 0) is 18.6 Å². The quantitative estimate of drug-likeness (QED) is 0.457. The minimum atomic E-state index is -0.527. The average Bonchev–Trinajstić information content (AvgIpc) is 2.55. The molecule has 0 fully saturated rings. The summed E-state index contributed by atoms with van der Waals surface area (Å²) in [6.07, 6.45) is 3.96. The zero-order chi connectivity index (χ0) is 15.8. The van der Waals surface area contributed by atoms with Gasteiger partial charge in [0.25, 0.3) is 11.6 Å². The van der Waals surface area contributed by atoms with Gasteiger partial charge >= 0.3 is 0 Å². The van der Waals surface area contributed by atoms with E-state index < -0.39 is 4.92 Å². The lowest BCUT2D eigenvalue weighted by Gasteiger charge is -2.06. The SMILES string of the molecule is O=C(NCCCNc1ncccn1)c1cccc([N+](=O)[O-])c1. The molecule has 8 nitrogen and oxygen atoms in total. The predicted molar refractivity (Wildman–Crippen MR) is 80.6 cm³/mol. The van der Waals surface area contributed by atoms with Crippen molar-refractivity contribution in [1.82, 2.24) is 15.3 Å². The van der Waals surface area contributed by atoms with Gasteiger partial charge in [0, 0.05) is 43.2 Å². The van der Waals surface area contributed by atoms with E-state index in [1.54, 1.807) is 24.5 Å². The van der Waals surface area contributed by atoms with E-state index in [4.69, 9.17) is 0 Å². The maximum Gasteiger partial charge on any atom is 0.270 e. The second-order valence-corrected chi connectivity index (χ2v) is 4.42. The van der Waals surface area contributed by atoms with Gasteiger partial charge in [-0.15, -0.1) is 0 Å². The van der Waals surface area contributed by atoms with Crippen LogP contribution in [0.5, 0.6) is 0 Å². The summed E-state index contributed by atoms with van der Waals surface area (Å²) in [5.41, 5.74) is 0.170. The Hall–Kier alpha value is -3.03. The third-order valence-corrected chi connectivity index (χ3v) is 2.81. The highest BCUT2D eigenvalue weighted by molar-refractivity contribution is 5.94. The monoisotopic (exact) mass is 301 g/mol. The van der Waals surface area contributed by atoms with Gasteiger partial charge in [0.05, 0.1) is 4.92 Å². The van der Waals surface area contributed by atoms with Crippen molar-refractivity contribution in [2.45, 2.75) is 6.42 Å². The first-order valence-corrected chi connectivity index (χ1v) is 6.70. The van der Waals surface area contributed by atoms with Crippen LogP contribution < -0.4 is 10.6 Å². The van der Waals surface area contributed by atoms with Crippen molar-refractivity contribution in [3.8, 4) is 0 Å². The molecule has 0 aliphatic heterocycles. The Balaban J connectivity index is 1.74. The van der Waals surface area contributed by atoms with Crippen LogP contribution in [0.1, 0.15) is 16.8 Å². The van der Waals surface area contributed by atoms with Crippen LogP contribution in [0.25, 0.3) is 0 Å². The second kappa shape index (κ2) is 7.67. The molecule has 0 aliphatic rings. The summed E-state index contributed by atoms with van der Waals surface area (Å²) in [5, 5.41) is 16.4. The molecule has 1 amide bonds. The molecule has 0 radical (unpaired) electrons. The fraction of sp³-hybridized carbons (Fsp3) is 0.214. The number of anilines is 1. The molecule has 0 atom stereocenters. The Morgan fingerprint density at radius 3 is 2.68 bits per heavy atom. The number of nitro groups is 1. The number of hydrogen-bond donors (Lipinski definition) is 2. The van der Waals surface area contributed by atoms with Crippen molar-refractivity contribution in [1.29, 1.82) is 0 Å². The van der Waals surface area contributed by atoms with E-state index in [1.165, 1.54) is 18.2 Å². The van der Waals surface area contributed by atoms with Crippen LogP contribution in [0.2, 0.25) is 0 Å². The summed E-state index contributed by atoms with van der Waals surface area (Å²) in [6, 6.07) is 7.36. The Morgan fingerprint density at radius 2 is 1.95 bits per heavy atom. The van der Waals surface area contributed by atoms with E-state index in [9.17, 15) is 14.9 Å². The highest BCUT2D eigenvalue weighted by atomic mass is 16.6. The third-order valence-electron chi connectivity index (χ3n) is 2.81. The molecule has 0 aliphatic carbocycles. The molecule has 0 bridgehead atoms. The molecule has 1 aromatic heterocycles. The molecule has 1 heterocycles. The highest BCUT2D eigenvalue weighted by Gasteiger charge is 2.10.